The molecule has 0 radical (unpaired) electrons. The van der Waals surface area contributed by atoms with E-state index in [9.17, 15) is 13.6 Å². The van der Waals surface area contributed by atoms with Gasteiger partial charge in [-0.2, -0.15) is 0 Å². The molecule has 3 rings (SSSR count). The summed E-state index contributed by atoms with van der Waals surface area (Å²) >= 11 is 0. The van der Waals surface area contributed by atoms with Crippen molar-refractivity contribution in [2.45, 2.75) is 6.92 Å². The number of hydrogen-bond donors (Lipinski definition) is 1. The van der Waals surface area contributed by atoms with Crippen LogP contribution in [0.2, 0.25) is 0 Å². The zero-order valence-corrected chi connectivity index (χ0v) is 10.7. The molecule has 0 saturated heterocycles. The number of fused-ring (bicyclic) bond motifs is 1. The molecule has 1 aliphatic heterocycles. The topological polar surface area (TPSA) is 29.1 Å². The maximum absolute atomic E-state index is 13.3. The largest absolute Gasteiger partial charge is 0.321 e. The molecular formula is C16H11F2NO. The molecule has 0 aromatic heterocycles. The Morgan fingerprint density at radius 2 is 1.70 bits per heavy atom. The SMILES string of the molecule is Cc1ccc(C=C2C(=O)Nc3cc(F)c(F)cc32)cc1. The lowest BCUT2D eigenvalue weighted by atomic mass is 10.0. The summed E-state index contributed by atoms with van der Waals surface area (Å²) in [5, 5.41) is 2.53. The molecule has 0 spiro atoms. The molecule has 1 aliphatic rings. The molecule has 100 valence electrons. The number of anilines is 1. The number of aryl methyl sites for hydroxylation is 1. The molecule has 1 amide bonds. The van der Waals surface area contributed by atoms with Crippen LogP contribution in [-0.4, -0.2) is 5.91 Å². The van der Waals surface area contributed by atoms with Crippen molar-refractivity contribution in [3.8, 4) is 0 Å². The molecular weight excluding hydrogens is 260 g/mol. The first-order valence-electron chi connectivity index (χ1n) is 6.14. The van der Waals surface area contributed by atoms with Crippen molar-refractivity contribution in [1.29, 1.82) is 0 Å². The summed E-state index contributed by atoms with van der Waals surface area (Å²) in [4.78, 5) is 11.9. The lowest BCUT2D eigenvalue weighted by molar-refractivity contribution is -0.110. The summed E-state index contributed by atoms with van der Waals surface area (Å²) in [6.07, 6.45) is 1.66. The lowest BCUT2D eigenvalue weighted by Crippen LogP contribution is -2.03. The summed E-state index contributed by atoms with van der Waals surface area (Å²) in [7, 11) is 0. The van der Waals surface area contributed by atoms with Gasteiger partial charge in [0.15, 0.2) is 11.6 Å². The van der Waals surface area contributed by atoms with Crippen LogP contribution in [0.3, 0.4) is 0 Å². The first kappa shape index (κ1) is 12.5. The number of carbonyl (C=O) groups is 1. The third-order valence-corrected chi connectivity index (χ3v) is 3.23. The molecule has 0 atom stereocenters. The van der Waals surface area contributed by atoms with Gasteiger partial charge in [-0.05, 0) is 24.6 Å². The third kappa shape index (κ3) is 2.09. The van der Waals surface area contributed by atoms with E-state index in [0.29, 0.717) is 16.8 Å². The van der Waals surface area contributed by atoms with E-state index < -0.39 is 11.6 Å². The number of nitrogens with one attached hydrogen (secondary N) is 1. The summed E-state index contributed by atoms with van der Waals surface area (Å²) in [6.45, 7) is 1.96. The maximum Gasteiger partial charge on any atom is 0.256 e. The van der Waals surface area contributed by atoms with E-state index in [0.717, 1.165) is 23.3 Å². The molecule has 2 aromatic carbocycles. The highest BCUT2D eigenvalue weighted by molar-refractivity contribution is 6.34. The van der Waals surface area contributed by atoms with Crippen molar-refractivity contribution in [1.82, 2.24) is 0 Å². The molecule has 4 heteroatoms. The minimum Gasteiger partial charge on any atom is -0.321 e. The van der Waals surface area contributed by atoms with Crippen LogP contribution in [0.1, 0.15) is 16.7 Å². The highest BCUT2D eigenvalue weighted by Gasteiger charge is 2.26. The van der Waals surface area contributed by atoms with Gasteiger partial charge in [0.05, 0.1) is 5.69 Å². The Kier molecular flexibility index (Phi) is 2.86. The fourth-order valence-corrected chi connectivity index (χ4v) is 2.16. The number of hydrogen-bond acceptors (Lipinski definition) is 1. The average molecular weight is 271 g/mol. The fourth-order valence-electron chi connectivity index (χ4n) is 2.16. The van der Waals surface area contributed by atoms with Crippen LogP contribution < -0.4 is 5.32 Å². The predicted octanol–water partition coefficient (Wildman–Crippen LogP) is 3.77. The Hall–Kier alpha value is -2.49. The van der Waals surface area contributed by atoms with Crippen LogP contribution in [0.25, 0.3) is 11.6 Å². The Morgan fingerprint density at radius 1 is 1.05 bits per heavy atom. The van der Waals surface area contributed by atoms with Crippen molar-refractivity contribution in [2.75, 3.05) is 5.32 Å². The molecule has 1 heterocycles. The third-order valence-electron chi connectivity index (χ3n) is 3.23. The van der Waals surface area contributed by atoms with Crippen molar-refractivity contribution < 1.29 is 13.6 Å². The zero-order chi connectivity index (χ0) is 14.3. The van der Waals surface area contributed by atoms with Gasteiger partial charge in [-0.25, -0.2) is 8.78 Å². The van der Waals surface area contributed by atoms with Crippen LogP contribution in [0.4, 0.5) is 14.5 Å². The lowest BCUT2D eigenvalue weighted by Gasteiger charge is -2.00. The van der Waals surface area contributed by atoms with Crippen molar-refractivity contribution in [3.05, 3.63) is 64.7 Å². The van der Waals surface area contributed by atoms with E-state index in [1.807, 2.05) is 31.2 Å². The molecule has 0 unspecified atom stereocenters. The Balaban J connectivity index is 2.10. The zero-order valence-electron chi connectivity index (χ0n) is 10.7. The summed E-state index contributed by atoms with van der Waals surface area (Å²) in [6, 6.07) is 9.62. The first-order chi connectivity index (χ1) is 9.54. The Labute approximate surface area is 114 Å². The second-order valence-electron chi connectivity index (χ2n) is 4.73. The monoisotopic (exact) mass is 271 g/mol. The predicted molar refractivity (Wildman–Crippen MR) is 74.0 cm³/mol. The number of benzene rings is 2. The van der Waals surface area contributed by atoms with Crippen LogP contribution in [0.15, 0.2) is 36.4 Å². The van der Waals surface area contributed by atoms with Gasteiger partial charge in [-0.1, -0.05) is 29.8 Å². The van der Waals surface area contributed by atoms with E-state index >= 15 is 0 Å². The normalized spacial score (nSPS) is 15.3. The van der Waals surface area contributed by atoms with Crippen molar-refractivity contribution in [2.24, 2.45) is 0 Å². The molecule has 0 fully saturated rings. The molecule has 1 N–H and O–H groups in total. The standard InChI is InChI=1S/C16H11F2NO/c1-9-2-4-10(5-3-9)6-12-11-7-13(17)14(18)8-15(11)19-16(12)20/h2-8H,1H3,(H,19,20). The summed E-state index contributed by atoms with van der Waals surface area (Å²) in [5.41, 5.74) is 2.96. The average Bonchev–Trinajstić information content (AvgIpc) is 2.69. The molecule has 0 aliphatic carbocycles. The van der Waals surface area contributed by atoms with Crippen LogP contribution in [0, 0.1) is 18.6 Å². The second kappa shape index (κ2) is 4.56. The van der Waals surface area contributed by atoms with Crippen LogP contribution >= 0.6 is 0 Å². The quantitative estimate of drug-likeness (QED) is 0.786. The fraction of sp³-hybridized carbons (Fsp3) is 0.0625. The van der Waals surface area contributed by atoms with E-state index in [-0.39, 0.29) is 5.91 Å². The van der Waals surface area contributed by atoms with Gasteiger partial charge in [-0.15, -0.1) is 0 Å². The molecule has 0 bridgehead atoms. The van der Waals surface area contributed by atoms with Gasteiger partial charge in [0.2, 0.25) is 0 Å². The van der Waals surface area contributed by atoms with E-state index in [1.165, 1.54) is 0 Å². The minimum absolute atomic E-state index is 0.298. The van der Waals surface area contributed by atoms with Crippen molar-refractivity contribution >= 4 is 23.2 Å². The van der Waals surface area contributed by atoms with Gasteiger partial charge in [-0.3, -0.25) is 4.79 Å². The van der Waals surface area contributed by atoms with Gasteiger partial charge >= 0.3 is 0 Å². The van der Waals surface area contributed by atoms with Gasteiger partial charge < -0.3 is 5.32 Å². The molecule has 20 heavy (non-hydrogen) atoms. The number of halogens is 2. The van der Waals surface area contributed by atoms with Crippen molar-refractivity contribution in [3.63, 3.8) is 0 Å². The Bertz CT molecular complexity index is 733. The molecule has 0 saturated carbocycles. The number of carbonyl (C=O) groups excluding carboxylic acids is 1. The number of amides is 1. The van der Waals surface area contributed by atoms with Crippen LogP contribution in [0.5, 0.6) is 0 Å². The summed E-state index contributed by atoms with van der Waals surface area (Å²) < 4.78 is 26.5. The van der Waals surface area contributed by atoms with Gasteiger partial charge in [0.1, 0.15) is 0 Å². The maximum atomic E-state index is 13.3. The first-order valence-corrected chi connectivity index (χ1v) is 6.14. The highest BCUT2D eigenvalue weighted by Crippen LogP contribution is 2.34. The minimum atomic E-state index is -0.972. The van der Waals surface area contributed by atoms with E-state index in [2.05, 4.69) is 5.32 Å². The number of rotatable bonds is 1. The molecule has 2 aromatic rings. The molecule has 2 nitrogen and oxygen atoms in total. The van der Waals surface area contributed by atoms with E-state index in [4.69, 9.17) is 0 Å². The van der Waals surface area contributed by atoms with Crippen LogP contribution in [-0.2, 0) is 4.79 Å². The summed E-state index contributed by atoms with van der Waals surface area (Å²) in [5.74, 6) is -2.29. The Morgan fingerprint density at radius 3 is 2.40 bits per heavy atom. The smallest absolute Gasteiger partial charge is 0.256 e. The highest BCUT2D eigenvalue weighted by atomic mass is 19.2. The van der Waals surface area contributed by atoms with Gasteiger partial charge in [0.25, 0.3) is 5.91 Å². The second-order valence-corrected chi connectivity index (χ2v) is 4.73. The van der Waals surface area contributed by atoms with E-state index in [1.54, 1.807) is 6.08 Å². The van der Waals surface area contributed by atoms with Gasteiger partial charge in [0, 0.05) is 17.2 Å².